The Kier molecular flexibility index (Phi) is 22.6. The van der Waals surface area contributed by atoms with Gasteiger partial charge in [0.15, 0.2) is 0 Å². The molecule has 9 amide bonds. The van der Waals surface area contributed by atoms with E-state index in [2.05, 4.69) is 62.5 Å². The molecule has 1 unspecified atom stereocenters. The molecule has 27 heteroatoms. The third-order valence-corrected chi connectivity index (χ3v) is 17.1. The first-order valence-corrected chi connectivity index (χ1v) is 31.2. The van der Waals surface area contributed by atoms with Gasteiger partial charge < -0.3 is 72.2 Å². The summed E-state index contributed by atoms with van der Waals surface area (Å²) in [7, 11) is 1.49. The Morgan fingerprint density at radius 2 is 1.16 bits per heavy atom. The molecule has 496 valence electrons. The first kappa shape index (κ1) is 67.9. The van der Waals surface area contributed by atoms with Crippen LogP contribution in [0.2, 0.25) is 0 Å². The summed E-state index contributed by atoms with van der Waals surface area (Å²) in [5, 5.41) is 32.7. The van der Waals surface area contributed by atoms with E-state index in [9.17, 15) is 57.0 Å². The number of H-pyrrole nitrogens is 3. The number of ether oxygens (including phenoxy) is 1. The van der Waals surface area contributed by atoms with Crippen LogP contribution >= 0.6 is 0 Å². The molecule has 3 aliphatic rings. The van der Waals surface area contributed by atoms with Crippen molar-refractivity contribution in [2.75, 3.05) is 20.2 Å². The van der Waals surface area contributed by atoms with E-state index in [1.807, 2.05) is 24.3 Å². The van der Waals surface area contributed by atoms with Crippen molar-refractivity contribution in [3.8, 4) is 5.75 Å². The van der Waals surface area contributed by atoms with E-state index in [1.54, 1.807) is 31.2 Å². The molecule has 3 aromatic heterocycles. The van der Waals surface area contributed by atoms with Crippen molar-refractivity contribution in [1.29, 1.82) is 0 Å². The van der Waals surface area contributed by atoms with Gasteiger partial charge in [-0.05, 0) is 122 Å². The van der Waals surface area contributed by atoms with Crippen molar-refractivity contribution < 1.29 is 66.6 Å². The first-order valence-electron chi connectivity index (χ1n) is 31.2. The molecule has 0 radical (unpaired) electrons. The van der Waals surface area contributed by atoms with Gasteiger partial charge in [-0.2, -0.15) is 0 Å². The zero-order chi connectivity index (χ0) is 67.1. The molecule has 7 atom stereocenters. The molecule has 0 spiro atoms. The average molecular weight is 1290 g/mol. The summed E-state index contributed by atoms with van der Waals surface area (Å²) in [5.74, 6) is -9.14. The van der Waals surface area contributed by atoms with Crippen LogP contribution < -0.4 is 47.3 Å². The number of benzene rings is 4. The maximum Gasteiger partial charge on any atom is 0.305 e. The molecule has 0 saturated carbocycles. The van der Waals surface area contributed by atoms with Crippen molar-refractivity contribution in [2.24, 2.45) is 0 Å². The number of rotatable bonds is 11. The Hall–Kier alpha value is -10.5. The lowest BCUT2D eigenvalue weighted by Gasteiger charge is -2.36. The van der Waals surface area contributed by atoms with Gasteiger partial charge in [0.25, 0.3) is 0 Å². The number of carbonyl (C=O) groups excluding carboxylic acids is 9. The number of amides is 9. The molecule has 6 heterocycles. The van der Waals surface area contributed by atoms with Crippen LogP contribution in [0.3, 0.4) is 0 Å². The van der Waals surface area contributed by atoms with Crippen LogP contribution in [0, 0.1) is 11.6 Å². The number of aromatic amines is 3. The number of aromatic nitrogens is 4. The summed E-state index contributed by atoms with van der Waals surface area (Å²) < 4.78 is 35.0. The van der Waals surface area contributed by atoms with E-state index in [0.29, 0.717) is 76.5 Å². The molecule has 1 fully saturated rings. The van der Waals surface area contributed by atoms with E-state index in [4.69, 9.17) is 4.74 Å². The minimum atomic E-state index is -1.98. The second kappa shape index (κ2) is 31.2. The summed E-state index contributed by atoms with van der Waals surface area (Å²) in [6.45, 7) is 3.67. The number of imidazole rings is 1. The molecular weight excluding hydrogens is 1220 g/mol. The van der Waals surface area contributed by atoms with Gasteiger partial charge in [0.1, 0.15) is 59.2 Å². The highest BCUT2D eigenvalue weighted by Gasteiger charge is 2.48. The highest BCUT2D eigenvalue weighted by Crippen LogP contribution is 2.31. The number of hydrogen-bond donors (Lipinski definition) is 12. The molecule has 25 nitrogen and oxygen atoms in total. The average Bonchev–Trinajstić information content (AvgIpc) is 1.55. The topological polar surface area (TPSA) is 360 Å². The number of aliphatic carboxylic acids is 1. The number of hydrogen-bond acceptors (Lipinski definition) is 12. The van der Waals surface area contributed by atoms with Crippen molar-refractivity contribution in [1.82, 2.24) is 67.4 Å². The normalized spacial score (nSPS) is 22.6. The molecule has 1 saturated heterocycles. The standard InChI is InChI=1S/C67H77F2N13O12/c1-38-60(87)77-52(27-42-34-72-50-20-16-44(68)29-48(42)50)61(88)78-53(28-43-35-73-51-21-17-45(69)30-49(43)51)62(89)80-55(32-59(85)86)64(91)79-54(31-46-36-70-37-75-46)63(90)81-56(26-40-14-18-47(94-3)19-15-40)65(92)82-25-7-23-67(82,2)66(93)71-24-22-39-10-12-41(13-11-39)33-74-57(83)8-5-4-6-9-58(84)76-38/h10-21,29-30,34-38,52-56,72-73H,4-9,22-28,31-33H2,1-3H3,(H,70,75)(H,71,93)(H,74,83)(H,76,84)(H,77,87)(H,78,88)(H,79,91)(H,80,89)(H,81,90)(H,85,86)/t38-,52-,53?,54-,55-,56-,67-/m0/s1. The number of nitrogens with zero attached hydrogens (tertiary/aromatic N) is 2. The fourth-order valence-electron chi connectivity index (χ4n) is 11.8. The van der Waals surface area contributed by atoms with Crippen molar-refractivity contribution in [3.63, 3.8) is 0 Å². The van der Waals surface area contributed by atoms with E-state index in [0.717, 1.165) is 11.1 Å². The monoisotopic (exact) mass is 1290 g/mol. The summed E-state index contributed by atoms with van der Waals surface area (Å²) >= 11 is 0. The number of fused-ring (bicyclic) bond motifs is 33. The number of carbonyl (C=O) groups is 10. The van der Waals surface area contributed by atoms with Crippen LogP contribution in [-0.2, 0) is 86.6 Å². The lowest BCUT2D eigenvalue weighted by Crippen LogP contribution is -2.62. The third kappa shape index (κ3) is 17.8. The van der Waals surface area contributed by atoms with Crippen LogP contribution in [0.1, 0.15) is 98.7 Å². The number of halogens is 2. The Morgan fingerprint density at radius 3 is 1.74 bits per heavy atom. The molecule has 4 aromatic carbocycles. The van der Waals surface area contributed by atoms with E-state index >= 15 is 4.79 Å². The largest absolute Gasteiger partial charge is 0.497 e. The van der Waals surface area contributed by atoms with Gasteiger partial charge in [-0.15, -0.1) is 0 Å². The first-order chi connectivity index (χ1) is 45.1. The van der Waals surface area contributed by atoms with E-state index in [1.165, 1.54) is 80.2 Å². The van der Waals surface area contributed by atoms with Crippen LogP contribution in [0.4, 0.5) is 8.78 Å². The molecular formula is C67H77F2N13O12. The van der Waals surface area contributed by atoms with Gasteiger partial charge in [-0.25, -0.2) is 13.8 Å². The fourth-order valence-corrected chi connectivity index (χ4v) is 11.8. The van der Waals surface area contributed by atoms with Crippen LogP contribution in [0.25, 0.3) is 21.8 Å². The second-order valence-corrected chi connectivity index (χ2v) is 24.0. The van der Waals surface area contributed by atoms with E-state index in [-0.39, 0.29) is 69.6 Å². The van der Waals surface area contributed by atoms with Crippen molar-refractivity contribution in [2.45, 2.75) is 146 Å². The van der Waals surface area contributed by atoms with Gasteiger partial charge in [0.05, 0.1) is 19.9 Å². The summed E-state index contributed by atoms with van der Waals surface area (Å²) in [5.41, 5.74) is 2.82. The van der Waals surface area contributed by atoms with Gasteiger partial charge >= 0.3 is 5.97 Å². The minimum Gasteiger partial charge on any atom is -0.497 e. The Labute approximate surface area is 539 Å². The Balaban J connectivity index is 1.04. The number of carboxylic acid groups (broad SMARTS) is 1. The maximum absolute atomic E-state index is 15.1. The predicted octanol–water partition coefficient (Wildman–Crippen LogP) is 3.65. The molecule has 12 N–H and O–H groups in total. The summed E-state index contributed by atoms with van der Waals surface area (Å²) in [6, 6.07) is 12.5. The lowest BCUT2D eigenvalue weighted by molar-refractivity contribution is -0.146. The summed E-state index contributed by atoms with van der Waals surface area (Å²) in [4.78, 5) is 156. The van der Waals surface area contributed by atoms with Crippen LogP contribution in [-0.4, -0.2) is 151 Å². The predicted molar refractivity (Wildman–Crippen MR) is 340 cm³/mol. The highest BCUT2D eigenvalue weighted by molar-refractivity contribution is 6.00. The SMILES string of the molecule is COc1ccc(C[C@@H]2NC(=O)[C@H](Cc3cnc[nH]3)NC(=O)[C@H](CC(=O)O)NC(=O)C(Cc3c[nH]c4ccc(F)cc34)NC(=O)[C@H](Cc3c[nH]c4ccc(F)cc34)NC(=O)[C@H](C)NC(=O)CCCCCC(=O)NCc3ccc(cc3)CCNC(=O)[C@]3(C)CCCN3C2=O)cc1. The van der Waals surface area contributed by atoms with Gasteiger partial charge in [0.2, 0.25) is 53.2 Å². The smallest absolute Gasteiger partial charge is 0.305 e. The fraction of sp³-hybridized carbons (Fsp3) is 0.388. The number of carboxylic acids is 1. The molecule has 94 heavy (non-hydrogen) atoms. The quantitative estimate of drug-likeness (QED) is 0.0824. The third-order valence-electron chi connectivity index (χ3n) is 17.1. The van der Waals surface area contributed by atoms with Gasteiger partial charge in [-0.1, -0.05) is 42.8 Å². The maximum atomic E-state index is 15.1. The Bertz CT molecular complexity index is 3900. The van der Waals surface area contributed by atoms with Crippen LogP contribution in [0.5, 0.6) is 5.75 Å². The molecule has 3 aliphatic heterocycles. The van der Waals surface area contributed by atoms with E-state index < -0.39 is 119 Å². The van der Waals surface area contributed by atoms with Crippen molar-refractivity contribution >= 4 is 80.9 Å². The highest BCUT2D eigenvalue weighted by atomic mass is 19.1. The summed E-state index contributed by atoms with van der Waals surface area (Å²) in [6.07, 6.45) is 6.12. The molecule has 7 aromatic rings. The molecule has 0 aliphatic carbocycles. The zero-order valence-electron chi connectivity index (χ0n) is 52.3. The Morgan fingerprint density at radius 1 is 0.606 bits per heavy atom. The number of methoxy groups -OCH3 is 1. The lowest BCUT2D eigenvalue weighted by atomic mass is 9.95. The van der Waals surface area contributed by atoms with Crippen LogP contribution in [0.15, 0.2) is 110 Å². The zero-order valence-corrected chi connectivity index (χ0v) is 52.3. The number of nitrogens with one attached hydrogen (secondary N) is 11. The van der Waals surface area contributed by atoms with Gasteiger partial charge in [-0.3, -0.25) is 47.9 Å². The minimum absolute atomic E-state index is 0.00309. The van der Waals surface area contributed by atoms with Crippen molar-refractivity contribution in [3.05, 3.63) is 155 Å². The molecule has 2 bridgehead atoms. The second-order valence-electron chi connectivity index (χ2n) is 24.0. The molecule has 10 rings (SSSR count). The van der Waals surface area contributed by atoms with Gasteiger partial charge in [0, 0.05) is 104 Å².